The number of anilines is 4. The maximum absolute atomic E-state index is 8.99. The van der Waals surface area contributed by atoms with Gasteiger partial charge in [-0.05, 0) is 36.4 Å². The van der Waals surface area contributed by atoms with Crippen molar-refractivity contribution in [3.8, 4) is 23.1 Å². The summed E-state index contributed by atoms with van der Waals surface area (Å²) in [5, 5.41) is 15.5. The lowest BCUT2D eigenvalue weighted by Crippen LogP contribution is -2.02. The third kappa shape index (κ3) is 4.54. The fraction of sp³-hybridized carbons (Fsp3) is 0.0417. The van der Waals surface area contributed by atoms with Crippen molar-refractivity contribution < 1.29 is 4.74 Å². The van der Waals surface area contributed by atoms with E-state index in [1.54, 1.807) is 19.2 Å². The van der Waals surface area contributed by atoms with Crippen molar-refractivity contribution >= 4 is 23.1 Å². The van der Waals surface area contributed by atoms with Gasteiger partial charge in [0, 0.05) is 29.1 Å². The summed E-state index contributed by atoms with van der Waals surface area (Å²) in [4.78, 5) is 9.29. The number of nitrogens with zero attached hydrogens (tertiary/aromatic N) is 3. The van der Waals surface area contributed by atoms with Gasteiger partial charge in [-0.15, -0.1) is 0 Å². The minimum atomic E-state index is 0.459. The van der Waals surface area contributed by atoms with Crippen LogP contribution in [0.4, 0.5) is 23.1 Å². The molecule has 0 aliphatic carbocycles. The van der Waals surface area contributed by atoms with Crippen LogP contribution in [0.25, 0.3) is 11.3 Å². The summed E-state index contributed by atoms with van der Waals surface area (Å²) in [6.45, 7) is 0. The number of rotatable bonds is 6. The largest absolute Gasteiger partial charge is 0.497 e. The van der Waals surface area contributed by atoms with Crippen molar-refractivity contribution in [1.29, 1.82) is 5.26 Å². The first kappa shape index (κ1) is 19.0. The molecule has 0 radical (unpaired) electrons. The maximum Gasteiger partial charge on any atom is 0.229 e. The number of aromatic nitrogens is 2. The minimum absolute atomic E-state index is 0.459. The first-order valence-corrected chi connectivity index (χ1v) is 9.36. The number of nitrogens with one attached hydrogen (secondary N) is 2. The van der Waals surface area contributed by atoms with Crippen molar-refractivity contribution in [2.24, 2.45) is 0 Å². The Balaban J connectivity index is 1.69. The lowest BCUT2D eigenvalue weighted by molar-refractivity contribution is 0.415. The predicted molar refractivity (Wildman–Crippen MR) is 118 cm³/mol. The molecule has 1 aromatic heterocycles. The molecule has 6 heteroatoms. The average Bonchev–Trinajstić information content (AvgIpc) is 2.80. The molecule has 0 unspecified atom stereocenters. The lowest BCUT2D eigenvalue weighted by Gasteiger charge is -2.12. The lowest BCUT2D eigenvalue weighted by atomic mass is 10.1. The van der Waals surface area contributed by atoms with Crippen molar-refractivity contribution in [2.45, 2.75) is 0 Å². The SMILES string of the molecule is COc1cccc(Nc2nc(Nc3ccc(C#N)cc3)cc(-c3ccccc3)n2)c1. The monoisotopic (exact) mass is 393 g/mol. The molecule has 146 valence electrons. The van der Waals surface area contributed by atoms with Crippen LogP contribution in [0.1, 0.15) is 5.56 Å². The minimum Gasteiger partial charge on any atom is -0.497 e. The molecule has 1 heterocycles. The Kier molecular flexibility index (Phi) is 5.54. The van der Waals surface area contributed by atoms with E-state index in [0.29, 0.717) is 17.3 Å². The van der Waals surface area contributed by atoms with Crippen LogP contribution in [0.2, 0.25) is 0 Å². The molecule has 0 saturated heterocycles. The molecule has 4 rings (SSSR count). The number of ether oxygens (including phenoxy) is 1. The van der Waals surface area contributed by atoms with Crippen LogP contribution in [0.3, 0.4) is 0 Å². The predicted octanol–water partition coefficient (Wildman–Crippen LogP) is 5.51. The molecule has 30 heavy (non-hydrogen) atoms. The van der Waals surface area contributed by atoms with Crippen molar-refractivity contribution in [3.05, 3.63) is 90.5 Å². The topological polar surface area (TPSA) is 82.9 Å². The van der Waals surface area contributed by atoms with Crippen LogP contribution in [-0.4, -0.2) is 17.1 Å². The van der Waals surface area contributed by atoms with Crippen LogP contribution in [-0.2, 0) is 0 Å². The Morgan fingerprint density at radius 3 is 2.33 bits per heavy atom. The highest BCUT2D eigenvalue weighted by atomic mass is 16.5. The molecule has 0 aliphatic heterocycles. The summed E-state index contributed by atoms with van der Waals surface area (Å²) in [5.41, 5.74) is 4.03. The number of hydrogen-bond acceptors (Lipinski definition) is 6. The smallest absolute Gasteiger partial charge is 0.229 e. The van der Waals surface area contributed by atoms with E-state index in [4.69, 9.17) is 10.00 Å². The zero-order valence-corrected chi connectivity index (χ0v) is 16.3. The fourth-order valence-corrected chi connectivity index (χ4v) is 2.93. The molecule has 0 atom stereocenters. The molecule has 0 fully saturated rings. The Labute approximate surface area is 174 Å². The fourth-order valence-electron chi connectivity index (χ4n) is 2.93. The molecule has 0 saturated carbocycles. The Hall–Kier alpha value is -4.37. The summed E-state index contributed by atoms with van der Waals surface area (Å²) >= 11 is 0. The van der Waals surface area contributed by atoms with E-state index < -0.39 is 0 Å². The van der Waals surface area contributed by atoms with Crippen LogP contribution < -0.4 is 15.4 Å². The highest BCUT2D eigenvalue weighted by Gasteiger charge is 2.08. The van der Waals surface area contributed by atoms with Gasteiger partial charge in [0.05, 0.1) is 24.4 Å². The van der Waals surface area contributed by atoms with E-state index >= 15 is 0 Å². The Bertz CT molecular complexity index is 1180. The third-order valence-corrected chi connectivity index (χ3v) is 4.41. The van der Waals surface area contributed by atoms with Gasteiger partial charge in [-0.1, -0.05) is 36.4 Å². The maximum atomic E-state index is 8.99. The second-order valence-corrected chi connectivity index (χ2v) is 6.50. The summed E-state index contributed by atoms with van der Waals surface area (Å²) in [6, 6.07) is 28.7. The summed E-state index contributed by atoms with van der Waals surface area (Å²) < 4.78 is 5.29. The Morgan fingerprint density at radius 2 is 1.60 bits per heavy atom. The van der Waals surface area contributed by atoms with E-state index in [0.717, 1.165) is 28.4 Å². The van der Waals surface area contributed by atoms with Gasteiger partial charge in [0.1, 0.15) is 11.6 Å². The van der Waals surface area contributed by atoms with Gasteiger partial charge in [-0.3, -0.25) is 0 Å². The van der Waals surface area contributed by atoms with Crippen LogP contribution in [0.15, 0.2) is 84.9 Å². The highest BCUT2D eigenvalue weighted by Crippen LogP contribution is 2.26. The standard InChI is InChI=1S/C24H19N5O/c1-30-21-9-5-8-20(14-21)27-24-28-22(18-6-3-2-4-7-18)15-23(29-24)26-19-12-10-17(16-25)11-13-19/h2-15H,1H3,(H2,26,27,28,29). The Morgan fingerprint density at radius 1 is 0.800 bits per heavy atom. The molecule has 6 nitrogen and oxygen atoms in total. The van der Waals surface area contributed by atoms with Gasteiger partial charge < -0.3 is 15.4 Å². The van der Waals surface area contributed by atoms with E-state index in [1.165, 1.54) is 0 Å². The molecular weight excluding hydrogens is 374 g/mol. The zero-order valence-electron chi connectivity index (χ0n) is 16.3. The van der Waals surface area contributed by atoms with Gasteiger partial charge in [0.2, 0.25) is 5.95 Å². The van der Waals surface area contributed by atoms with Gasteiger partial charge in [0.15, 0.2) is 0 Å². The number of nitriles is 1. The second kappa shape index (κ2) is 8.76. The number of methoxy groups -OCH3 is 1. The normalized spacial score (nSPS) is 10.1. The quantitative estimate of drug-likeness (QED) is 0.449. The number of benzene rings is 3. The van der Waals surface area contributed by atoms with Crippen LogP contribution in [0.5, 0.6) is 5.75 Å². The summed E-state index contributed by atoms with van der Waals surface area (Å²) in [6.07, 6.45) is 0. The van der Waals surface area contributed by atoms with Gasteiger partial charge >= 0.3 is 0 Å². The van der Waals surface area contributed by atoms with E-state index in [1.807, 2.05) is 72.8 Å². The summed E-state index contributed by atoms with van der Waals surface area (Å²) in [7, 11) is 1.63. The molecule has 2 N–H and O–H groups in total. The zero-order chi connectivity index (χ0) is 20.8. The molecular formula is C24H19N5O. The molecule has 0 spiro atoms. The van der Waals surface area contributed by atoms with Gasteiger partial charge in [-0.25, -0.2) is 4.98 Å². The van der Waals surface area contributed by atoms with E-state index in [2.05, 4.69) is 26.7 Å². The molecule has 0 amide bonds. The second-order valence-electron chi connectivity index (χ2n) is 6.50. The van der Waals surface area contributed by atoms with E-state index in [-0.39, 0.29) is 0 Å². The van der Waals surface area contributed by atoms with E-state index in [9.17, 15) is 0 Å². The van der Waals surface area contributed by atoms with Crippen LogP contribution in [0, 0.1) is 11.3 Å². The van der Waals surface area contributed by atoms with Gasteiger partial charge in [-0.2, -0.15) is 10.2 Å². The van der Waals surface area contributed by atoms with Crippen molar-refractivity contribution in [3.63, 3.8) is 0 Å². The molecule has 3 aromatic carbocycles. The average molecular weight is 393 g/mol. The number of hydrogen-bond donors (Lipinski definition) is 2. The summed E-state index contributed by atoms with van der Waals surface area (Å²) in [5.74, 6) is 1.84. The van der Waals surface area contributed by atoms with Crippen molar-refractivity contribution in [1.82, 2.24) is 9.97 Å². The van der Waals surface area contributed by atoms with Crippen molar-refractivity contribution in [2.75, 3.05) is 17.7 Å². The van der Waals surface area contributed by atoms with Crippen LogP contribution >= 0.6 is 0 Å². The first-order valence-electron chi connectivity index (χ1n) is 9.36. The highest BCUT2D eigenvalue weighted by molar-refractivity contribution is 5.69. The first-order chi connectivity index (χ1) is 14.7. The molecule has 0 bridgehead atoms. The molecule has 4 aromatic rings. The third-order valence-electron chi connectivity index (χ3n) is 4.41. The molecule has 0 aliphatic rings. The van der Waals surface area contributed by atoms with Gasteiger partial charge in [0.25, 0.3) is 0 Å².